The number of benzene rings is 3. The molecule has 0 fully saturated rings. The number of nitrogens with one attached hydrogen (secondary N) is 1. The van der Waals surface area contributed by atoms with E-state index in [-0.39, 0.29) is 12.5 Å². The molecule has 0 saturated carbocycles. The van der Waals surface area contributed by atoms with Gasteiger partial charge in [-0.15, -0.1) is 0 Å². The fraction of sp³-hybridized carbons (Fsp3) is 0.367. The summed E-state index contributed by atoms with van der Waals surface area (Å²) in [6.45, 7) is 7.21. The van der Waals surface area contributed by atoms with E-state index >= 15 is 0 Å². The van der Waals surface area contributed by atoms with Gasteiger partial charge in [0, 0.05) is 24.5 Å². The van der Waals surface area contributed by atoms with E-state index in [2.05, 4.69) is 79.8 Å². The maximum Gasteiger partial charge on any atom is 0.231 e. The summed E-state index contributed by atoms with van der Waals surface area (Å²) in [7, 11) is 0. The number of nitrogens with zero attached hydrogens (tertiary/aromatic N) is 1. The fourth-order valence-electron chi connectivity index (χ4n) is 5.18. The van der Waals surface area contributed by atoms with Crippen molar-refractivity contribution < 1.29 is 9.90 Å². The Labute approximate surface area is 203 Å². The lowest BCUT2D eigenvalue weighted by molar-refractivity contribution is -0.118. The van der Waals surface area contributed by atoms with E-state index < -0.39 is 0 Å². The Kier molecular flexibility index (Phi) is 7.69. The third kappa shape index (κ3) is 5.34. The third-order valence-corrected chi connectivity index (χ3v) is 6.76. The Bertz CT molecular complexity index is 1140. The smallest absolute Gasteiger partial charge is 0.231 e. The zero-order valence-corrected chi connectivity index (χ0v) is 20.6. The van der Waals surface area contributed by atoms with Crippen molar-refractivity contribution in [3.63, 3.8) is 0 Å². The van der Waals surface area contributed by atoms with Crippen LogP contribution in [-0.2, 0) is 24.1 Å². The molecule has 4 heteroatoms. The molecule has 2 atom stereocenters. The van der Waals surface area contributed by atoms with Crippen molar-refractivity contribution in [1.82, 2.24) is 0 Å². The van der Waals surface area contributed by atoms with Crippen LogP contribution in [0.5, 0.6) is 0 Å². The number of carbonyl (C=O) groups is 1. The van der Waals surface area contributed by atoms with E-state index in [0.717, 1.165) is 37.1 Å². The van der Waals surface area contributed by atoms with Crippen molar-refractivity contribution in [2.45, 2.75) is 52.5 Å². The van der Waals surface area contributed by atoms with E-state index in [9.17, 15) is 4.79 Å². The van der Waals surface area contributed by atoms with Gasteiger partial charge in [0.2, 0.25) is 5.91 Å². The van der Waals surface area contributed by atoms with Crippen LogP contribution >= 0.6 is 0 Å². The van der Waals surface area contributed by atoms with Gasteiger partial charge in [0.05, 0.1) is 12.5 Å². The van der Waals surface area contributed by atoms with Crippen LogP contribution in [0.15, 0.2) is 66.7 Å². The summed E-state index contributed by atoms with van der Waals surface area (Å²) in [6.07, 6.45) is 3.58. The minimum atomic E-state index is 0.196. The number of aliphatic hydroxyl groups excluding tert-OH is 1. The predicted octanol–water partition coefficient (Wildman–Crippen LogP) is 5.86. The normalized spacial score (nSPS) is 18.6. The maximum absolute atomic E-state index is 13.1. The molecule has 1 amide bonds. The highest BCUT2D eigenvalue weighted by Gasteiger charge is 2.27. The average molecular weight is 457 g/mol. The monoisotopic (exact) mass is 456 g/mol. The van der Waals surface area contributed by atoms with E-state index in [1.807, 2.05) is 11.0 Å². The van der Waals surface area contributed by atoms with Crippen molar-refractivity contribution in [2.75, 3.05) is 23.4 Å². The van der Waals surface area contributed by atoms with Crippen LogP contribution in [0.25, 0.3) is 0 Å². The van der Waals surface area contributed by atoms with Crippen molar-refractivity contribution in [3.05, 3.63) is 94.5 Å². The fourth-order valence-corrected chi connectivity index (χ4v) is 5.18. The van der Waals surface area contributed by atoms with E-state index in [1.54, 1.807) is 6.92 Å². The molecule has 0 aliphatic carbocycles. The third-order valence-electron chi connectivity index (χ3n) is 6.76. The van der Waals surface area contributed by atoms with Gasteiger partial charge in [-0.3, -0.25) is 4.79 Å². The zero-order valence-electron chi connectivity index (χ0n) is 20.6. The van der Waals surface area contributed by atoms with Crippen molar-refractivity contribution >= 4 is 17.3 Å². The summed E-state index contributed by atoms with van der Waals surface area (Å²) in [6, 6.07) is 23.9. The van der Waals surface area contributed by atoms with Crippen LogP contribution in [0.3, 0.4) is 0 Å². The Morgan fingerprint density at radius 1 is 1.06 bits per heavy atom. The number of anilines is 2. The first-order chi connectivity index (χ1) is 16.5. The Hall–Kier alpha value is -3.11. The largest absolute Gasteiger partial charge is 0.397 e. The minimum Gasteiger partial charge on any atom is -0.397 e. The summed E-state index contributed by atoms with van der Waals surface area (Å²) in [4.78, 5) is 15.1. The number of aryl methyl sites for hydroxylation is 2. The van der Waals surface area contributed by atoms with Gasteiger partial charge in [0.25, 0.3) is 0 Å². The van der Waals surface area contributed by atoms with Gasteiger partial charge >= 0.3 is 0 Å². The van der Waals surface area contributed by atoms with Crippen LogP contribution in [0.1, 0.15) is 54.1 Å². The van der Waals surface area contributed by atoms with Gasteiger partial charge < -0.3 is 15.3 Å². The molecule has 0 radical (unpaired) electrons. The Balaban J connectivity index is 0.000000868. The van der Waals surface area contributed by atoms with Gasteiger partial charge in [-0.1, -0.05) is 67.1 Å². The molecule has 2 aliphatic heterocycles. The average Bonchev–Trinajstić information content (AvgIpc) is 2.83. The van der Waals surface area contributed by atoms with Crippen molar-refractivity contribution in [3.8, 4) is 0 Å². The van der Waals surface area contributed by atoms with Gasteiger partial charge in [0.15, 0.2) is 0 Å². The molecule has 1 unspecified atom stereocenters. The van der Waals surface area contributed by atoms with Crippen LogP contribution in [0.2, 0.25) is 0 Å². The maximum atomic E-state index is 13.1. The Morgan fingerprint density at radius 2 is 1.85 bits per heavy atom. The molecule has 4 nitrogen and oxygen atoms in total. The summed E-state index contributed by atoms with van der Waals surface area (Å²) in [5.74, 6) is 0.691. The predicted molar refractivity (Wildman–Crippen MR) is 140 cm³/mol. The molecule has 3 aromatic carbocycles. The van der Waals surface area contributed by atoms with Crippen LogP contribution < -0.4 is 10.2 Å². The minimum absolute atomic E-state index is 0.196. The molecule has 5 rings (SSSR count). The molecule has 34 heavy (non-hydrogen) atoms. The second-order valence-electron chi connectivity index (χ2n) is 9.48. The number of amides is 1. The lowest BCUT2D eigenvalue weighted by Crippen LogP contribution is -2.36. The summed E-state index contributed by atoms with van der Waals surface area (Å²) in [5.41, 5.74) is 8.65. The number of aliphatic hydroxyl groups is 1. The highest BCUT2D eigenvalue weighted by molar-refractivity contribution is 5.96. The first-order valence-corrected chi connectivity index (χ1v) is 12.4. The second-order valence-corrected chi connectivity index (χ2v) is 9.48. The molecule has 2 heterocycles. The van der Waals surface area contributed by atoms with Crippen molar-refractivity contribution in [1.29, 1.82) is 0 Å². The number of carbonyl (C=O) groups excluding carboxylic acids is 1. The van der Waals surface area contributed by atoms with Gasteiger partial charge in [-0.05, 0) is 73.4 Å². The van der Waals surface area contributed by atoms with Gasteiger partial charge in [-0.25, -0.2) is 0 Å². The summed E-state index contributed by atoms with van der Waals surface area (Å²) >= 11 is 0. The molecule has 0 aromatic heterocycles. The number of hydrogen-bond donors (Lipinski definition) is 2. The summed E-state index contributed by atoms with van der Waals surface area (Å²) in [5, 5.41) is 11.3. The molecule has 3 aromatic rings. The Morgan fingerprint density at radius 3 is 2.65 bits per heavy atom. The topological polar surface area (TPSA) is 52.6 Å². The van der Waals surface area contributed by atoms with Crippen LogP contribution in [0.4, 0.5) is 11.4 Å². The number of para-hydroxylation sites is 1. The first-order valence-electron chi connectivity index (χ1n) is 12.4. The van der Waals surface area contributed by atoms with Gasteiger partial charge in [-0.2, -0.15) is 0 Å². The van der Waals surface area contributed by atoms with Gasteiger partial charge in [0.1, 0.15) is 0 Å². The second kappa shape index (κ2) is 10.9. The van der Waals surface area contributed by atoms with Crippen LogP contribution in [0, 0.1) is 12.8 Å². The van der Waals surface area contributed by atoms with E-state index in [0.29, 0.717) is 18.4 Å². The lowest BCUT2D eigenvalue weighted by atomic mass is 9.84. The SMILES string of the molecule is CCO.Cc1cccc([C@H]2Nc3ccc(CC(=O)N4CCCc5ccccc54)cc3CC2C)c1. The van der Waals surface area contributed by atoms with E-state index in [4.69, 9.17) is 5.11 Å². The summed E-state index contributed by atoms with van der Waals surface area (Å²) < 4.78 is 0. The number of rotatable bonds is 3. The molecule has 0 saturated heterocycles. The molecule has 0 spiro atoms. The molecule has 178 valence electrons. The standard InChI is InChI=1S/C28H30N2O.C2H6O/c1-19-7-5-9-23(15-19)28-20(2)16-24-17-21(12-13-25(24)29-28)18-27(31)30-14-6-10-22-8-3-4-11-26(22)30;1-2-3/h3-5,7-9,11-13,15,17,20,28-29H,6,10,14,16,18H2,1-2H3;3H,2H2,1H3/t20?,28-;/m0./s1. The number of fused-ring (bicyclic) bond motifs is 2. The van der Waals surface area contributed by atoms with Crippen molar-refractivity contribution in [2.24, 2.45) is 5.92 Å². The molecular weight excluding hydrogens is 420 g/mol. The quantitative estimate of drug-likeness (QED) is 0.519. The van der Waals surface area contributed by atoms with Crippen LogP contribution in [-0.4, -0.2) is 24.2 Å². The molecule has 0 bridgehead atoms. The highest BCUT2D eigenvalue weighted by atomic mass is 16.2. The molecule has 2 aliphatic rings. The van der Waals surface area contributed by atoms with E-state index in [1.165, 1.54) is 27.9 Å². The lowest BCUT2D eigenvalue weighted by Gasteiger charge is -2.34. The molecular formula is C30H36N2O2. The molecule has 2 N–H and O–H groups in total. The zero-order chi connectivity index (χ0) is 24.1. The highest BCUT2D eigenvalue weighted by Crippen LogP contribution is 2.37. The number of hydrogen-bond acceptors (Lipinski definition) is 3. The first kappa shape index (κ1) is 24.0.